The van der Waals surface area contributed by atoms with Gasteiger partial charge in [-0.05, 0) is 72.1 Å². The van der Waals surface area contributed by atoms with E-state index in [1.807, 2.05) is 24.3 Å². The van der Waals surface area contributed by atoms with Gasteiger partial charge in [0.2, 0.25) is 0 Å². The van der Waals surface area contributed by atoms with E-state index in [1.54, 1.807) is 12.1 Å². The van der Waals surface area contributed by atoms with Crippen LogP contribution in [0.5, 0.6) is 0 Å². The van der Waals surface area contributed by atoms with Crippen LogP contribution in [0.4, 0.5) is 0 Å². The first kappa shape index (κ1) is 17.5. The summed E-state index contributed by atoms with van der Waals surface area (Å²) < 4.78 is 2.34. The molecular weight excluding hydrogens is 499 g/mol. The van der Waals surface area contributed by atoms with Crippen LogP contribution in [0, 0.1) is 0 Å². The van der Waals surface area contributed by atoms with Crippen molar-refractivity contribution in [3.8, 4) is 0 Å². The first-order valence-electron chi connectivity index (χ1n) is 5.97. The fourth-order valence-corrected chi connectivity index (χ4v) is 4.05. The Balaban J connectivity index is 2.41. The minimum absolute atomic E-state index is 0.170. The van der Waals surface area contributed by atoms with Gasteiger partial charge in [-0.2, -0.15) is 0 Å². The van der Waals surface area contributed by atoms with Gasteiger partial charge in [-0.3, -0.25) is 0 Å². The van der Waals surface area contributed by atoms with Crippen LogP contribution in [-0.4, -0.2) is 11.7 Å². The normalized spacial score (nSPS) is 12.5. The summed E-state index contributed by atoms with van der Waals surface area (Å²) in [6.07, 6.45) is 0. The van der Waals surface area contributed by atoms with Crippen molar-refractivity contribution in [2.45, 2.75) is 0 Å². The molecule has 0 unspecified atom stereocenters. The second-order valence-electron chi connectivity index (χ2n) is 4.16. The molecule has 0 spiro atoms. The summed E-state index contributed by atoms with van der Waals surface area (Å²) in [5.74, 6) is 0.397. The highest BCUT2D eigenvalue weighted by Gasteiger charge is 2.11. The molecule has 0 aliphatic heterocycles. The predicted octanol–water partition coefficient (Wildman–Crippen LogP) is 4.65. The van der Waals surface area contributed by atoms with E-state index in [4.69, 9.17) is 23.1 Å². The third-order valence-corrected chi connectivity index (χ3v) is 5.00. The summed E-state index contributed by atoms with van der Waals surface area (Å²) in [5.41, 5.74) is 13.2. The maximum Gasteiger partial charge on any atom is 0.156 e. The van der Waals surface area contributed by atoms with Crippen LogP contribution in [0.15, 0.2) is 60.0 Å². The van der Waals surface area contributed by atoms with Gasteiger partial charge in [0, 0.05) is 19.0 Å². The number of hydrogen-bond donors (Lipinski definition) is 2. The van der Waals surface area contributed by atoms with Gasteiger partial charge in [-0.25, -0.2) is 0 Å². The van der Waals surface area contributed by atoms with Gasteiger partial charge < -0.3 is 11.5 Å². The maximum absolute atomic E-state index is 6.12. The Morgan fingerprint density at radius 2 is 1.18 bits per heavy atom. The summed E-state index contributed by atoms with van der Waals surface area (Å²) in [6.45, 7) is 0. The van der Waals surface area contributed by atoms with E-state index in [0.29, 0.717) is 16.1 Å². The SMILES string of the molecule is N/C(=N\N=C(/N)c1c(Br)cccc1Br)c1c(Cl)cccc1Br. The van der Waals surface area contributed by atoms with Crippen LogP contribution in [0.1, 0.15) is 11.1 Å². The van der Waals surface area contributed by atoms with Crippen molar-refractivity contribution in [1.29, 1.82) is 0 Å². The van der Waals surface area contributed by atoms with Crippen LogP contribution in [-0.2, 0) is 0 Å². The third-order valence-electron chi connectivity index (χ3n) is 2.70. The van der Waals surface area contributed by atoms with Gasteiger partial charge in [0.05, 0.1) is 10.6 Å². The van der Waals surface area contributed by atoms with Crippen LogP contribution >= 0.6 is 59.4 Å². The molecule has 22 heavy (non-hydrogen) atoms. The lowest BCUT2D eigenvalue weighted by molar-refractivity contribution is 1.20. The van der Waals surface area contributed by atoms with Crippen LogP contribution in [0.2, 0.25) is 5.02 Å². The lowest BCUT2D eigenvalue weighted by Gasteiger charge is -2.06. The minimum atomic E-state index is 0.170. The predicted molar refractivity (Wildman–Crippen MR) is 102 cm³/mol. The quantitative estimate of drug-likeness (QED) is 0.359. The Kier molecular flexibility index (Phi) is 6.02. The lowest BCUT2D eigenvalue weighted by Crippen LogP contribution is -2.17. The van der Waals surface area contributed by atoms with E-state index in [1.165, 1.54) is 0 Å². The second-order valence-corrected chi connectivity index (χ2v) is 7.13. The summed E-state index contributed by atoms with van der Waals surface area (Å²) in [5, 5.41) is 8.45. The molecule has 0 amide bonds. The third kappa shape index (κ3) is 3.90. The Bertz CT molecular complexity index is 669. The largest absolute Gasteiger partial charge is 0.382 e. The summed E-state index contributed by atoms with van der Waals surface area (Å²) in [6, 6.07) is 10.9. The van der Waals surface area contributed by atoms with Crippen LogP contribution < -0.4 is 11.5 Å². The highest BCUT2D eigenvalue weighted by molar-refractivity contribution is 9.11. The Labute approximate surface area is 158 Å². The van der Waals surface area contributed by atoms with Gasteiger partial charge in [-0.15, -0.1) is 10.2 Å². The summed E-state index contributed by atoms with van der Waals surface area (Å²) in [7, 11) is 0. The van der Waals surface area contributed by atoms with Gasteiger partial charge in [0.15, 0.2) is 11.7 Å². The molecule has 0 aliphatic carbocycles. The van der Waals surface area contributed by atoms with Gasteiger partial charge in [0.1, 0.15) is 0 Å². The van der Waals surface area contributed by atoms with Crippen LogP contribution in [0.3, 0.4) is 0 Å². The zero-order valence-corrected chi connectivity index (χ0v) is 16.5. The number of benzene rings is 2. The molecule has 0 heterocycles. The summed E-state index contributed by atoms with van der Waals surface area (Å²) >= 11 is 16.4. The van der Waals surface area contributed by atoms with Crippen molar-refractivity contribution < 1.29 is 0 Å². The smallest absolute Gasteiger partial charge is 0.156 e. The highest BCUT2D eigenvalue weighted by atomic mass is 79.9. The first-order chi connectivity index (χ1) is 10.4. The lowest BCUT2D eigenvalue weighted by atomic mass is 10.2. The molecule has 0 atom stereocenters. The van der Waals surface area contributed by atoms with Crippen molar-refractivity contribution in [1.82, 2.24) is 0 Å². The maximum atomic E-state index is 6.12. The topological polar surface area (TPSA) is 76.8 Å². The molecule has 0 radical (unpaired) electrons. The molecule has 2 aromatic carbocycles. The molecule has 0 aliphatic rings. The van der Waals surface area contributed by atoms with Crippen molar-refractivity contribution in [2.75, 3.05) is 0 Å². The van der Waals surface area contributed by atoms with Crippen molar-refractivity contribution in [3.63, 3.8) is 0 Å². The number of nitrogens with zero attached hydrogens (tertiary/aromatic N) is 2. The van der Waals surface area contributed by atoms with E-state index in [2.05, 4.69) is 58.0 Å². The van der Waals surface area contributed by atoms with E-state index in [-0.39, 0.29) is 11.7 Å². The van der Waals surface area contributed by atoms with E-state index >= 15 is 0 Å². The molecule has 8 heteroatoms. The Hall–Kier alpha value is -0.890. The van der Waals surface area contributed by atoms with Crippen molar-refractivity contribution in [3.05, 3.63) is 66.0 Å². The Morgan fingerprint density at radius 3 is 1.68 bits per heavy atom. The Morgan fingerprint density at radius 1 is 0.773 bits per heavy atom. The molecule has 2 rings (SSSR count). The first-order valence-corrected chi connectivity index (χ1v) is 8.73. The van der Waals surface area contributed by atoms with E-state index in [9.17, 15) is 0 Å². The number of hydrogen-bond acceptors (Lipinski definition) is 2. The molecular formula is C14H10Br3ClN4. The van der Waals surface area contributed by atoms with Gasteiger partial charge in [0.25, 0.3) is 0 Å². The number of nitrogens with two attached hydrogens (primary N) is 2. The zero-order chi connectivity index (χ0) is 16.3. The average Bonchev–Trinajstić information content (AvgIpc) is 2.44. The van der Waals surface area contributed by atoms with Gasteiger partial charge >= 0.3 is 0 Å². The molecule has 4 N–H and O–H groups in total. The van der Waals surface area contributed by atoms with Crippen LogP contribution in [0.25, 0.3) is 0 Å². The van der Waals surface area contributed by atoms with Crippen molar-refractivity contribution in [2.24, 2.45) is 21.7 Å². The number of rotatable bonds is 3. The summed E-state index contributed by atoms with van der Waals surface area (Å²) in [4.78, 5) is 0. The molecule has 0 saturated carbocycles. The standard InChI is InChI=1S/C14H10Br3ClN4/c15-7-3-1-4-8(16)11(7)13(19)21-22-14(20)12-9(17)5-2-6-10(12)18/h1-6H,(H2,19,21)(H2,20,22). The molecule has 0 fully saturated rings. The fraction of sp³-hybridized carbons (Fsp3) is 0. The van der Waals surface area contributed by atoms with E-state index in [0.717, 1.165) is 13.4 Å². The van der Waals surface area contributed by atoms with E-state index < -0.39 is 0 Å². The molecule has 0 aromatic heterocycles. The fourth-order valence-electron chi connectivity index (χ4n) is 1.69. The molecule has 0 bridgehead atoms. The molecule has 2 aromatic rings. The van der Waals surface area contributed by atoms with Gasteiger partial charge in [-0.1, -0.05) is 23.7 Å². The second kappa shape index (κ2) is 7.59. The molecule has 4 nitrogen and oxygen atoms in total. The zero-order valence-electron chi connectivity index (χ0n) is 11.0. The molecule has 0 saturated heterocycles. The minimum Gasteiger partial charge on any atom is -0.382 e. The molecule has 114 valence electrons. The van der Waals surface area contributed by atoms with Crippen molar-refractivity contribution >= 4 is 71.1 Å². The highest BCUT2D eigenvalue weighted by Crippen LogP contribution is 2.26. The number of halogens is 4. The average molecular weight is 509 g/mol. The monoisotopic (exact) mass is 506 g/mol. The number of amidine groups is 2.